The van der Waals surface area contributed by atoms with Crippen LogP contribution >= 0.6 is 11.6 Å². The van der Waals surface area contributed by atoms with Gasteiger partial charge in [-0.15, -0.1) is 5.10 Å². The predicted octanol–water partition coefficient (Wildman–Crippen LogP) is 4.11. The van der Waals surface area contributed by atoms with Crippen molar-refractivity contribution >= 4 is 40.0 Å². The van der Waals surface area contributed by atoms with Crippen LogP contribution in [0.15, 0.2) is 65.7 Å². The lowest BCUT2D eigenvalue weighted by Crippen LogP contribution is -2.26. The zero-order chi connectivity index (χ0) is 29.3. The van der Waals surface area contributed by atoms with Crippen molar-refractivity contribution in [1.82, 2.24) is 40.2 Å². The summed E-state index contributed by atoms with van der Waals surface area (Å²) in [6.07, 6.45) is 5.53. The van der Waals surface area contributed by atoms with E-state index in [-0.39, 0.29) is 18.1 Å². The molecule has 3 aromatic heterocycles. The lowest BCUT2D eigenvalue weighted by atomic mass is 10.0. The highest BCUT2D eigenvalue weighted by molar-refractivity contribution is 6.33. The lowest BCUT2D eigenvalue weighted by Gasteiger charge is -2.17. The quantitative estimate of drug-likeness (QED) is 0.209. The third-order valence-corrected chi connectivity index (χ3v) is 8.48. The highest BCUT2D eigenvalue weighted by Crippen LogP contribution is 2.29. The summed E-state index contributed by atoms with van der Waals surface area (Å²) in [5.41, 5.74) is 5.25. The Hall–Kier alpha value is -4.32. The molecule has 11 nitrogen and oxygen atoms in total. The largest absolute Gasteiger partial charge is 0.381 e. The number of benzene rings is 2. The Morgan fingerprint density at radius 3 is 2.56 bits per heavy atom. The number of rotatable bonds is 8. The third kappa shape index (κ3) is 5.71. The van der Waals surface area contributed by atoms with Crippen LogP contribution in [0.3, 0.4) is 0 Å². The maximum atomic E-state index is 14.2. The molecule has 4 N–H and O–H groups in total. The van der Waals surface area contributed by atoms with Gasteiger partial charge in [-0.25, -0.2) is 9.67 Å². The van der Waals surface area contributed by atoms with Gasteiger partial charge >= 0.3 is 0 Å². The van der Waals surface area contributed by atoms with Crippen molar-refractivity contribution in [3.63, 3.8) is 0 Å². The van der Waals surface area contributed by atoms with Gasteiger partial charge in [0.25, 0.3) is 5.56 Å². The molecule has 2 fully saturated rings. The molecule has 12 heteroatoms. The van der Waals surface area contributed by atoms with E-state index in [1.54, 1.807) is 17.0 Å². The molecule has 2 aliphatic heterocycles. The number of nitrogens with zero attached hydrogens (tertiary/aromatic N) is 6. The third-order valence-electron chi connectivity index (χ3n) is 8.16. The van der Waals surface area contributed by atoms with Gasteiger partial charge in [-0.1, -0.05) is 28.9 Å². The van der Waals surface area contributed by atoms with Crippen molar-refractivity contribution in [3.05, 3.63) is 87.6 Å². The smallest absolute Gasteiger partial charge is 0.260 e. The maximum Gasteiger partial charge on any atom is 0.260 e. The summed E-state index contributed by atoms with van der Waals surface area (Å²) in [5.74, 6) is 0.397. The summed E-state index contributed by atoms with van der Waals surface area (Å²) < 4.78 is 3.59. The SMILES string of the molecule is Cc1ccc(-c2cc3cnc(Nc4ccc(NC5CCNC5)cc4)nc3n(Cc3cnnn3C3CCNC3)c2=O)c(Cl)c1. The second-order valence-electron chi connectivity index (χ2n) is 11.3. The minimum atomic E-state index is -0.197. The number of aromatic nitrogens is 6. The number of pyridine rings is 1. The fraction of sp³-hybridized carbons (Fsp3) is 0.323. The summed E-state index contributed by atoms with van der Waals surface area (Å²) in [4.78, 5) is 23.6. The Balaban J connectivity index is 1.26. The fourth-order valence-electron chi connectivity index (χ4n) is 5.89. The van der Waals surface area contributed by atoms with E-state index in [0.717, 1.165) is 67.0 Å². The van der Waals surface area contributed by atoms with Crippen LogP contribution in [-0.4, -0.2) is 61.7 Å². The average molecular weight is 597 g/mol. The Kier molecular flexibility index (Phi) is 7.52. The molecule has 2 saturated heterocycles. The summed E-state index contributed by atoms with van der Waals surface area (Å²) in [5, 5.41) is 23.4. The summed E-state index contributed by atoms with van der Waals surface area (Å²) in [7, 11) is 0. The number of halogens is 1. The van der Waals surface area contributed by atoms with E-state index in [1.807, 2.05) is 60.1 Å². The van der Waals surface area contributed by atoms with Crippen molar-refractivity contribution in [1.29, 1.82) is 0 Å². The Bertz CT molecular complexity index is 1820. The van der Waals surface area contributed by atoms with E-state index < -0.39 is 0 Å². The van der Waals surface area contributed by atoms with E-state index in [2.05, 4.69) is 36.6 Å². The molecular weight excluding hydrogens is 564 g/mol. The first-order valence-corrected chi connectivity index (χ1v) is 15.0. The van der Waals surface area contributed by atoms with Crippen LogP contribution in [0.2, 0.25) is 5.02 Å². The first-order valence-electron chi connectivity index (χ1n) is 14.6. The molecule has 0 aliphatic carbocycles. The summed E-state index contributed by atoms with van der Waals surface area (Å²) >= 11 is 6.64. The van der Waals surface area contributed by atoms with Gasteiger partial charge in [-0.2, -0.15) is 4.98 Å². The molecule has 5 heterocycles. The van der Waals surface area contributed by atoms with Gasteiger partial charge in [0.2, 0.25) is 5.95 Å². The van der Waals surface area contributed by atoms with Gasteiger partial charge in [0, 0.05) is 58.2 Å². The monoisotopic (exact) mass is 596 g/mol. The molecule has 2 aliphatic rings. The van der Waals surface area contributed by atoms with Crippen LogP contribution in [0, 0.1) is 6.92 Å². The van der Waals surface area contributed by atoms with Crippen molar-refractivity contribution in [3.8, 4) is 11.1 Å². The molecule has 5 aromatic rings. The Labute approximate surface area is 253 Å². The predicted molar refractivity (Wildman–Crippen MR) is 169 cm³/mol. The molecule has 0 radical (unpaired) electrons. The molecule has 2 atom stereocenters. The molecule has 7 rings (SSSR count). The molecule has 0 saturated carbocycles. The van der Waals surface area contributed by atoms with Gasteiger partial charge in [0.1, 0.15) is 5.65 Å². The van der Waals surface area contributed by atoms with E-state index >= 15 is 0 Å². The Morgan fingerprint density at radius 1 is 0.977 bits per heavy atom. The van der Waals surface area contributed by atoms with Crippen LogP contribution in [0.1, 0.15) is 30.1 Å². The molecular formula is C31H33ClN10O. The molecule has 0 spiro atoms. The topological polar surface area (TPSA) is 127 Å². The van der Waals surface area contributed by atoms with Crippen LogP contribution in [0.5, 0.6) is 0 Å². The molecule has 2 aromatic carbocycles. The van der Waals surface area contributed by atoms with Crippen molar-refractivity contribution in [2.75, 3.05) is 36.8 Å². The van der Waals surface area contributed by atoms with Crippen LogP contribution in [-0.2, 0) is 6.54 Å². The Morgan fingerprint density at radius 2 is 1.79 bits per heavy atom. The average Bonchev–Trinajstić information content (AvgIpc) is 3.80. The number of anilines is 3. The first-order chi connectivity index (χ1) is 21.0. The van der Waals surface area contributed by atoms with E-state index in [1.165, 1.54) is 0 Å². The van der Waals surface area contributed by atoms with Gasteiger partial charge < -0.3 is 21.3 Å². The maximum absolute atomic E-state index is 14.2. The number of nitrogens with one attached hydrogen (secondary N) is 4. The molecule has 220 valence electrons. The second kappa shape index (κ2) is 11.8. The molecule has 2 unspecified atom stereocenters. The standard InChI is InChI=1S/C31H33ClN10O/c1-19-2-7-26(28(32)12-19)27-13-20-14-35-31(38-22-5-3-21(4-6-22)37-23-8-10-33-15-23)39-29(20)41(30(27)43)18-25-17-36-40-42(25)24-9-11-34-16-24/h2-7,12-14,17,23-24,33-34,37H,8-11,15-16,18H2,1H3,(H,35,38,39). The highest BCUT2D eigenvalue weighted by atomic mass is 35.5. The van der Waals surface area contributed by atoms with Crippen molar-refractivity contribution in [2.45, 2.75) is 38.4 Å². The minimum absolute atomic E-state index is 0.184. The number of aryl methyl sites for hydroxylation is 1. The van der Waals surface area contributed by atoms with E-state index in [9.17, 15) is 4.79 Å². The van der Waals surface area contributed by atoms with Crippen LogP contribution < -0.4 is 26.8 Å². The van der Waals surface area contributed by atoms with Gasteiger partial charge in [0.15, 0.2) is 0 Å². The van der Waals surface area contributed by atoms with E-state index in [0.29, 0.717) is 33.8 Å². The normalized spacial score (nSPS) is 18.4. The number of fused-ring (bicyclic) bond motifs is 1. The summed E-state index contributed by atoms with van der Waals surface area (Å²) in [6, 6.07) is 16.2. The second-order valence-corrected chi connectivity index (χ2v) is 11.7. The minimum Gasteiger partial charge on any atom is -0.381 e. The number of hydrogen-bond acceptors (Lipinski definition) is 9. The number of hydrogen-bond donors (Lipinski definition) is 4. The lowest BCUT2D eigenvalue weighted by molar-refractivity contribution is 0.454. The zero-order valence-electron chi connectivity index (χ0n) is 23.8. The van der Waals surface area contributed by atoms with E-state index in [4.69, 9.17) is 16.6 Å². The van der Waals surface area contributed by atoms with Crippen LogP contribution in [0.25, 0.3) is 22.2 Å². The fourth-order valence-corrected chi connectivity index (χ4v) is 6.22. The first kappa shape index (κ1) is 27.5. The summed E-state index contributed by atoms with van der Waals surface area (Å²) in [6.45, 7) is 5.97. The van der Waals surface area contributed by atoms with Crippen molar-refractivity contribution in [2.24, 2.45) is 0 Å². The zero-order valence-corrected chi connectivity index (χ0v) is 24.6. The van der Waals surface area contributed by atoms with Gasteiger partial charge in [-0.3, -0.25) is 9.36 Å². The molecule has 43 heavy (non-hydrogen) atoms. The van der Waals surface area contributed by atoms with Crippen molar-refractivity contribution < 1.29 is 0 Å². The van der Waals surface area contributed by atoms with Gasteiger partial charge in [-0.05, 0) is 74.8 Å². The molecule has 0 amide bonds. The van der Waals surface area contributed by atoms with Crippen LogP contribution in [0.4, 0.5) is 17.3 Å². The highest BCUT2D eigenvalue weighted by Gasteiger charge is 2.22. The van der Waals surface area contributed by atoms with Gasteiger partial charge in [0.05, 0.1) is 24.5 Å². The molecule has 0 bridgehead atoms.